The molecule has 0 spiro atoms. The fourth-order valence-electron chi connectivity index (χ4n) is 3.33. The summed E-state index contributed by atoms with van der Waals surface area (Å²) in [5, 5.41) is 3.12. The summed E-state index contributed by atoms with van der Waals surface area (Å²) >= 11 is 0. The van der Waals surface area contributed by atoms with Gasteiger partial charge in [0.05, 0.1) is 18.7 Å². The maximum atomic E-state index is 5.99. The van der Waals surface area contributed by atoms with Crippen molar-refractivity contribution in [1.82, 2.24) is 9.88 Å². The van der Waals surface area contributed by atoms with E-state index in [1.165, 1.54) is 16.5 Å². The van der Waals surface area contributed by atoms with Crippen molar-refractivity contribution in [1.29, 1.82) is 0 Å². The molecule has 3 aromatic rings. The Morgan fingerprint density at radius 2 is 1.76 bits per heavy atom. The highest BCUT2D eigenvalue weighted by atomic mass is 16.7. The molecule has 128 valence electrons. The third-order valence-corrected chi connectivity index (χ3v) is 4.76. The lowest BCUT2D eigenvalue weighted by Gasteiger charge is -2.22. The van der Waals surface area contributed by atoms with E-state index in [1.807, 2.05) is 17.2 Å². The summed E-state index contributed by atoms with van der Waals surface area (Å²) < 4.78 is 0. The largest absolute Gasteiger partial charge is 0.299 e. The number of aromatic nitrogens is 1. The Kier molecular flexibility index (Phi) is 4.63. The van der Waals surface area contributed by atoms with E-state index in [0.29, 0.717) is 6.61 Å². The number of rotatable bonds is 3. The van der Waals surface area contributed by atoms with Crippen LogP contribution in [0.2, 0.25) is 0 Å². The van der Waals surface area contributed by atoms with Crippen LogP contribution in [-0.2, 0) is 4.84 Å². The van der Waals surface area contributed by atoms with Gasteiger partial charge in [0.1, 0.15) is 0 Å². The van der Waals surface area contributed by atoms with Gasteiger partial charge in [-0.3, -0.25) is 9.74 Å². The average molecular weight is 333 g/mol. The van der Waals surface area contributed by atoms with Gasteiger partial charge in [0.2, 0.25) is 0 Å². The molecule has 0 saturated carbocycles. The second kappa shape index (κ2) is 7.21. The standard InChI is InChI=1S/C21H23N3O/c1-2-23-12-13-24(25-15-14-23)21-16-19(17-8-4-3-5-9-17)18-10-6-7-11-20(18)22-21/h3-11,16H,2,12-15H2,1H3. The van der Waals surface area contributed by atoms with E-state index in [4.69, 9.17) is 9.82 Å². The van der Waals surface area contributed by atoms with E-state index in [0.717, 1.165) is 37.5 Å². The number of hydrogen-bond acceptors (Lipinski definition) is 4. The first-order valence-corrected chi connectivity index (χ1v) is 8.93. The molecular weight excluding hydrogens is 310 g/mol. The van der Waals surface area contributed by atoms with Crippen molar-refractivity contribution in [3.63, 3.8) is 0 Å². The summed E-state index contributed by atoms with van der Waals surface area (Å²) in [6, 6.07) is 21.0. The summed E-state index contributed by atoms with van der Waals surface area (Å²) in [6.07, 6.45) is 0. The Morgan fingerprint density at radius 1 is 0.960 bits per heavy atom. The van der Waals surface area contributed by atoms with Crippen LogP contribution in [0.5, 0.6) is 0 Å². The Morgan fingerprint density at radius 3 is 2.60 bits per heavy atom. The van der Waals surface area contributed by atoms with Gasteiger partial charge in [0.15, 0.2) is 5.82 Å². The van der Waals surface area contributed by atoms with Crippen molar-refractivity contribution in [3.8, 4) is 11.1 Å². The lowest BCUT2D eigenvalue weighted by molar-refractivity contribution is 0.116. The Labute approximate surface area is 148 Å². The maximum Gasteiger partial charge on any atom is 0.153 e. The Hall–Kier alpha value is -2.43. The van der Waals surface area contributed by atoms with E-state index >= 15 is 0 Å². The summed E-state index contributed by atoms with van der Waals surface area (Å²) in [7, 11) is 0. The number of fused-ring (bicyclic) bond motifs is 1. The minimum absolute atomic E-state index is 0.697. The molecule has 25 heavy (non-hydrogen) atoms. The molecule has 0 radical (unpaired) electrons. The zero-order valence-electron chi connectivity index (χ0n) is 14.6. The summed E-state index contributed by atoms with van der Waals surface area (Å²) in [5.41, 5.74) is 3.40. The van der Waals surface area contributed by atoms with E-state index in [2.05, 4.69) is 60.4 Å². The minimum Gasteiger partial charge on any atom is -0.299 e. The molecule has 4 heteroatoms. The molecule has 2 aromatic carbocycles. The van der Waals surface area contributed by atoms with Crippen LogP contribution in [0.3, 0.4) is 0 Å². The predicted molar refractivity (Wildman–Crippen MR) is 103 cm³/mol. The summed E-state index contributed by atoms with van der Waals surface area (Å²) in [5.74, 6) is 0.885. The molecule has 0 bridgehead atoms. The molecule has 4 rings (SSSR count). The number of benzene rings is 2. The van der Waals surface area contributed by atoms with Crippen LogP contribution in [0.25, 0.3) is 22.0 Å². The second-order valence-corrected chi connectivity index (χ2v) is 6.28. The average Bonchev–Trinajstić information content (AvgIpc) is 2.93. The number of hydrogen-bond donors (Lipinski definition) is 0. The van der Waals surface area contributed by atoms with Crippen molar-refractivity contribution in [3.05, 3.63) is 60.7 Å². The van der Waals surface area contributed by atoms with Crippen molar-refractivity contribution < 1.29 is 4.84 Å². The third-order valence-electron chi connectivity index (χ3n) is 4.76. The van der Waals surface area contributed by atoms with Gasteiger partial charge in [-0.1, -0.05) is 55.5 Å². The van der Waals surface area contributed by atoms with E-state index in [1.54, 1.807) is 0 Å². The Balaban J connectivity index is 1.77. The van der Waals surface area contributed by atoms with Gasteiger partial charge in [0.25, 0.3) is 0 Å². The van der Waals surface area contributed by atoms with Gasteiger partial charge in [-0.15, -0.1) is 0 Å². The normalized spacial score (nSPS) is 16.1. The molecule has 0 amide bonds. The van der Waals surface area contributed by atoms with Crippen molar-refractivity contribution in [2.75, 3.05) is 37.8 Å². The molecule has 0 aliphatic carbocycles. The monoisotopic (exact) mass is 333 g/mol. The number of nitrogens with zero attached hydrogens (tertiary/aromatic N) is 3. The number of anilines is 1. The molecule has 1 aromatic heterocycles. The van der Waals surface area contributed by atoms with Crippen LogP contribution in [0.15, 0.2) is 60.7 Å². The van der Waals surface area contributed by atoms with Crippen LogP contribution in [0, 0.1) is 0 Å². The first kappa shape index (κ1) is 16.1. The topological polar surface area (TPSA) is 28.6 Å². The van der Waals surface area contributed by atoms with E-state index in [9.17, 15) is 0 Å². The lowest BCUT2D eigenvalue weighted by atomic mass is 10.0. The van der Waals surface area contributed by atoms with Gasteiger partial charge in [-0.25, -0.2) is 10.0 Å². The van der Waals surface area contributed by atoms with E-state index in [-0.39, 0.29) is 0 Å². The molecule has 0 atom stereocenters. The minimum atomic E-state index is 0.697. The molecule has 0 unspecified atom stereocenters. The molecule has 1 fully saturated rings. The fourth-order valence-corrected chi connectivity index (χ4v) is 3.33. The van der Waals surface area contributed by atoms with Crippen molar-refractivity contribution in [2.24, 2.45) is 0 Å². The number of pyridine rings is 1. The zero-order valence-corrected chi connectivity index (χ0v) is 14.6. The quantitative estimate of drug-likeness (QED) is 0.725. The summed E-state index contributed by atoms with van der Waals surface area (Å²) in [4.78, 5) is 13.3. The molecule has 1 aliphatic rings. The highest BCUT2D eigenvalue weighted by molar-refractivity contribution is 5.96. The zero-order chi connectivity index (χ0) is 17.1. The highest BCUT2D eigenvalue weighted by Gasteiger charge is 2.18. The SMILES string of the molecule is CCN1CCON(c2cc(-c3ccccc3)c3ccccc3n2)CC1. The molecular formula is C21H23N3O. The molecule has 1 saturated heterocycles. The van der Waals surface area contributed by atoms with Crippen molar-refractivity contribution in [2.45, 2.75) is 6.92 Å². The highest BCUT2D eigenvalue weighted by Crippen LogP contribution is 2.31. The first-order valence-electron chi connectivity index (χ1n) is 8.93. The van der Waals surface area contributed by atoms with Gasteiger partial charge in [-0.2, -0.15) is 0 Å². The number of hydroxylamine groups is 1. The lowest BCUT2D eigenvalue weighted by Crippen LogP contribution is -2.30. The first-order chi connectivity index (χ1) is 12.3. The third kappa shape index (κ3) is 3.36. The summed E-state index contributed by atoms with van der Waals surface area (Å²) in [6.45, 7) is 6.73. The van der Waals surface area contributed by atoms with Gasteiger partial charge in [0, 0.05) is 18.5 Å². The number of likely N-dealkylation sites (N-methyl/N-ethyl adjacent to an activating group) is 1. The smallest absolute Gasteiger partial charge is 0.153 e. The van der Waals surface area contributed by atoms with Crippen LogP contribution >= 0.6 is 0 Å². The number of para-hydroxylation sites is 1. The fraction of sp³-hybridized carbons (Fsp3) is 0.286. The van der Waals surface area contributed by atoms with Crippen LogP contribution in [0.1, 0.15) is 6.92 Å². The van der Waals surface area contributed by atoms with Crippen molar-refractivity contribution >= 4 is 16.7 Å². The molecule has 1 aliphatic heterocycles. The van der Waals surface area contributed by atoms with E-state index < -0.39 is 0 Å². The van der Waals surface area contributed by atoms with Gasteiger partial charge in [-0.05, 0) is 29.8 Å². The van der Waals surface area contributed by atoms with Gasteiger partial charge >= 0.3 is 0 Å². The molecule has 2 heterocycles. The predicted octanol–water partition coefficient (Wildman–Crippen LogP) is 3.98. The molecule has 4 nitrogen and oxygen atoms in total. The van der Waals surface area contributed by atoms with Crippen LogP contribution in [0.4, 0.5) is 5.82 Å². The molecule has 0 N–H and O–H groups in total. The second-order valence-electron chi connectivity index (χ2n) is 6.28. The van der Waals surface area contributed by atoms with Crippen LogP contribution in [-0.4, -0.2) is 42.7 Å². The maximum absolute atomic E-state index is 5.99. The van der Waals surface area contributed by atoms with Crippen LogP contribution < -0.4 is 5.06 Å². The van der Waals surface area contributed by atoms with Gasteiger partial charge < -0.3 is 0 Å². The Bertz CT molecular complexity index is 850.